The molecule has 3 amide bonds. The van der Waals surface area contributed by atoms with Gasteiger partial charge >= 0.3 is 6.03 Å². The highest BCUT2D eigenvalue weighted by molar-refractivity contribution is 5.94. The first-order valence-corrected chi connectivity index (χ1v) is 7.04. The highest BCUT2D eigenvalue weighted by Gasteiger charge is 2.09. The van der Waals surface area contributed by atoms with Gasteiger partial charge in [-0.2, -0.15) is 0 Å². The molecule has 0 spiro atoms. The van der Waals surface area contributed by atoms with Crippen molar-refractivity contribution in [1.29, 1.82) is 0 Å². The number of amides is 3. The Kier molecular flexibility index (Phi) is 7.82. The number of hydrogen-bond donors (Lipinski definition) is 2. The highest BCUT2D eigenvalue weighted by atomic mass is 16.2. The van der Waals surface area contributed by atoms with E-state index < -0.39 is 6.03 Å². The van der Waals surface area contributed by atoms with E-state index in [9.17, 15) is 9.59 Å². The fraction of sp³-hybridized carbons (Fsp3) is 0.375. The average molecular weight is 289 g/mol. The van der Waals surface area contributed by atoms with Gasteiger partial charge in [0.25, 0.3) is 0 Å². The van der Waals surface area contributed by atoms with Crippen molar-refractivity contribution in [2.75, 3.05) is 26.7 Å². The minimum atomic E-state index is -0.473. The molecule has 0 radical (unpaired) electrons. The predicted molar refractivity (Wildman–Crippen MR) is 84.0 cm³/mol. The minimum Gasteiger partial charge on any atom is -0.341 e. The molecule has 114 valence electrons. The lowest BCUT2D eigenvalue weighted by Crippen LogP contribution is -2.39. The van der Waals surface area contributed by atoms with Crippen LogP contribution in [-0.4, -0.2) is 43.5 Å². The zero-order valence-corrected chi connectivity index (χ0v) is 12.5. The van der Waals surface area contributed by atoms with Crippen molar-refractivity contribution < 1.29 is 9.59 Å². The maximum atomic E-state index is 11.6. The molecule has 0 aromatic heterocycles. The van der Waals surface area contributed by atoms with Gasteiger partial charge in [0.15, 0.2) is 0 Å². The minimum absolute atomic E-state index is 0.275. The van der Waals surface area contributed by atoms with E-state index in [1.165, 1.54) is 12.6 Å². The van der Waals surface area contributed by atoms with E-state index in [1.807, 2.05) is 24.3 Å². The summed E-state index contributed by atoms with van der Waals surface area (Å²) in [7, 11) is 1.48. The molecule has 0 aliphatic rings. The summed E-state index contributed by atoms with van der Waals surface area (Å²) in [6.45, 7) is 5.91. The molecule has 1 rings (SSSR count). The van der Waals surface area contributed by atoms with Gasteiger partial charge in [-0.3, -0.25) is 15.0 Å². The molecule has 0 saturated heterocycles. The lowest BCUT2D eigenvalue weighted by molar-refractivity contribution is -0.120. The Hall–Kier alpha value is -2.14. The third-order valence-corrected chi connectivity index (χ3v) is 3.08. The summed E-state index contributed by atoms with van der Waals surface area (Å²) in [5.74, 6) is -0.275. The zero-order valence-electron chi connectivity index (χ0n) is 12.5. The van der Waals surface area contributed by atoms with Crippen LogP contribution in [0.15, 0.2) is 43.0 Å². The molecule has 1 aromatic carbocycles. The SMILES string of the molecule is C=CCN(CCC(=O)NC(=O)NC)CCc1ccccc1. The first kappa shape index (κ1) is 16.9. The second-order valence-corrected chi connectivity index (χ2v) is 4.70. The first-order chi connectivity index (χ1) is 10.2. The molecule has 5 nitrogen and oxygen atoms in total. The summed E-state index contributed by atoms with van der Waals surface area (Å²) in [5.41, 5.74) is 1.27. The van der Waals surface area contributed by atoms with Gasteiger partial charge in [-0.25, -0.2) is 4.79 Å². The Morgan fingerprint density at radius 2 is 1.95 bits per heavy atom. The van der Waals surface area contributed by atoms with Crippen LogP contribution in [0.1, 0.15) is 12.0 Å². The van der Waals surface area contributed by atoms with Crippen LogP contribution in [0.3, 0.4) is 0 Å². The maximum absolute atomic E-state index is 11.6. The van der Waals surface area contributed by atoms with E-state index in [0.717, 1.165) is 19.5 Å². The number of carbonyl (C=O) groups excluding carboxylic acids is 2. The molecule has 0 aliphatic heterocycles. The Labute approximate surface area is 126 Å². The number of nitrogens with one attached hydrogen (secondary N) is 2. The second-order valence-electron chi connectivity index (χ2n) is 4.70. The maximum Gasteiger partial charge on any atom is 0.321 e. The Morgan fingerprint density at radius 1 is 1.24 bits per heavy atom. The van der Waals surface area contributed by atoms with Crippen LogP contribution in [0.4, 0.5) is 4.79 Å². The van der Waals surface area contributed by atoms with Gasteiger partial charge in [-0.15, -0.1) is 6.58 Å². The van der Waals surface area contributed by atoms with Gasteiger partial charge in [0.1, 0.15) is 0 Å². The van der Waals surface area contributed by atoms with Gasteiger partial charge in [-0.05, 0) is 12.0 Å². The number of imide groups is 1. The first-order valence-electron chi connectivity index (χ1n) is 7.04. The third-order valence-electron chi connectivity index (χ3n) is 3.08. The van der Waals surface area contributed by atoms with Gasteiger partial charge in [-0.1, -0.05) is 36.4 Å². The highest BCUT2D eigenvalue weighted by Crippen LogP contribution is 2.02. The average Bonchev–Trinajstić information content (AvgIpc) is 2.51. The molecular weight excluding hydrogens is 266 g/mol. The van der Waals surface area contributed by atoms with Crippen LogP contribution in [0.25, 0.3) is 0 Å². The number of nitrogens with zero attached hydrogens (tertiary/aromatic N) is 1. The molecule has 0 atom stereocenters. The number of rotatable bonds is 8. The van der Waals surface area contributed by atoms with E-state index in [1.54, 1.807) is 0 Å². The van der Waals surface area contributed by atoms with Gasteiger partial charge in [0.2, 0.25) is 5.91 Å². The van der Waals surface area contributed by atoms with Gasteiger partial charge < -0.3 is 5.32 Å². The number of benzene rings is 1. The number of carbonyl (C=O) groups is 2. The molecular formula is C16H23N3O2. The second kappa shape index (κ2) is 9.72. The molecule has 21 heavy (non-hydrogen) atoms. The summed E-state index contributed by atoms with van der Waals surface area (Å²) in [4.78, 5) is 24.7. The topological polar surface area (TPSA) is 61.4 Å². The van der Waals surface area contributed by atoms with Crippen LogP contribution in [0.2, 0.25) is 0 Å². The zero-order chi connectivity index (χ0) is 15.5. The summed E-state index contributed by atoms with van der Waals surface area (Å²) in [6, 6.07) is 9.73. The van der Waals surface area contributed by atoms with Crippen molar-refractivity contribution in [3.05, 3.63) is 48.6 Å². The molecule has 0 bridgehead atoms. The summed E-state index contributed by atoms with van der Waals surface area (Å²) >= 11 is 0. The predicted octanol–water partition coefficient (Wildman–Crippen LogP) is 1.56. The van der Waals surface area contributed by atoms with Crippen molar-refractivity contribution >= 4 is 11.9 Å². The van der Waals surface area contributed by atoms with E-state index >= 15 is 0 Å². The van der Waals surface area contributed by atoms with E-state index in [-0.39, 0.29) is 12.3 Å². The summed E-state index contributed by atoms with van der Waals surface area (Å²) < 4.78 is 0. The van der Waals surface area contributed by atoms with Crippen molar-refractivity contribution in [2.24, 2.45) is 0 Å². The molecule has 0 saturated carbocycles. The quantitative estimate of drug-likeness (QED) is 0.714. The summed E-state index contributed by atoms with van der Waals surface area (Å²) in [5, 5.41) is 4.61. The van der Waals surface area contributed by atoms with Gasteiger partial charge in [0.05, 0.1) is 0 Å². The molecule has 5 heteroatoms. The van der Waals surface area contributed by atoms with Crippen molar-refractivity contribution in [3.8, 4) is 0 Å². The lowest BCUT2D eigenvalue weighted by atomic mass is 10.1. The fourth-order valence-corrected chi connectivity index (χ4v) is 1.92. The van der Waals surface area contributed by atoms with Crippen molar-refractivity contribution in [2.45, 2.75) is 12.8 Å². The summed E-state index contributed by atoms with van der Waals surface area (Å²) in [6.07, 6.45) is 3.03. The smallest absolute Gasteiger partial charge is 0.321 e. The van der Waals surface area contributed by atoms with Crippen molar-refractivity contribution in [3.63, 3.8) is 0 Å². The van der Waals surface area contributed by atoms with Crippen LogP contribution in [-0.2, 0) is 11.2 Å². The molecule has 2 N–H and O–H groups in total. The monoisotopic (exact) mass is 289 g/mol. The normalized spacial score (nSPS) is 10.2. The number of hydrogen-bond acceptors (Lipinski definition) is 3. The van der Waals surface area contributed by atoms with Crippen molar-refractivity contribution in [1.82, 2.24) is 15.5 Å². The fourth-order valence-electron chi connectivity index (χ4n) is 1.92. The van der Waals surface area contributed by atoms with Gasteiger partial charge in [0, 0.05) is 33.1 Å². The standard InChI is InChI=1S/C16H23N3O2/c1-3-11-19(12-9-14-7-5-4-6-8-14)13-10-15(20)18-16(21)17-2/h3-8H,1,9-13H2,2H3,(H2,17,18,20,21). The molecule has 1 aromatic rings. The van der Waals surface area contributed by atoms with Crippen LogP contribution in [0, 0.1) is 0 Å². The van der Waals surface area contributed by atoms with E-state index in [0.29, 0.717) is 6.54 Å². The Bertz CT molecular complexity index is 460. The molecule has 0 heterocycles. The van der Waals surface area contributed by atoms with E-state index in [2.05, 4.69) is 34.2 Å². The van der Waals surface area contributed by atoms with E-state index in [4.69, 9.17) is 0 Å². The van der Waals surface area contributed by atoms with Crippen LogP contribution < -0.4 is 10.6 Å². The molecule has 0 aliphatic carbocycles. The molecule has 0 unspecified atom stereocenters. The Balaban J connectivity index is 2.37. The molecule has 0 fully saturated rings. The third kappa shape index (κ3) is 7.27. The lowest BCUT2D eigenvalue weighted by Gasteiger charge is -2.20. The Morgan fingerprint density at radius 3 is 2.57 bits per heavy atom. The van der Waals surface area contributed by atoms with Crippen LogP contribution in [0.5, 0.6) is 0 Å². The number of urea groups is 1. The largest absolute Gasteiger partial charge is 0.341 e. The van der Waals surface area contributed by atoms with Crippen LogP contribution >= 0.6 is 0 Å².